The van der Waals surface area contributed by atoms with Crippen molar-refractivity contribution >= 4 is 11.3 Å². The quantitative estimate of drug-likeness (QED) is 0.817. The van der Waals surface area contributed by atoms with Crippen molar-refractivity contribution in [3.8, 4) is 10.6 Å². The Labute approximate surface area is 87.4 Å². The minimum Gasteiger partial charge on any atom is -0.323 e. The van der Waals surface area contributed by atoms with E-state index in [0.717, 1.165) is 16.3 Å². The summed E-state index contributed by atoms with van der Waals surface area (Å²) < 4.78 is 0. The van der Waals surface area contributed by atoms with Crippen molar-refractivity contribution in [2.45, 2.75) is 13.0 Å². The third kappa shape index (κ3) is 1.84. The third-order valence-corrected chi connectivity index (χ3v) is 2.92. The van der Waals surface area contributed by atoms with Crippen LogP contribution in [0.3, 0.4) is 0 Å². The van der Waals surface area contributed by atoms with E-state index in [-0.39, 0.29) is 6.04 Å². The lowest BCUT2D eigenvalue weighted by molar-refractivity contribution is 0.790. The molecule has 2 rings (SSSR count). The Balaban J connectivity index is 2.34. The number of hydrogen-bond donors (Lipinski definition) is 1. The molecule has 0 amide bonds. The predicted octanol–water partition coefficient (Wildman–Crippen LogP) is 2.83. The maximum atomic E-state index is 5.75. The Morgan fingerprint density at radius 2 is 2.00 bits per heavy atom. The molecule has 0 unspecified atom stereocenters. The highest BCUT2D eigenvalue weighted by Crippen LogP contribution is 2.24. The van der Waals surface area contributed by atoms with Crippen LogP contribution in [0, 0.1) is 0 Å². The maximum absolute atomic E-state index is 5.75. The molecule has 2 nitrogen and oxygen atoms in total. The molecule has 0 saturated carbocycles. The molecule has 2 N–H and O–H groups in total. The molecular weight excluding hydrogens is 192 g/mol. The number of nitrogens with two attached hydrogens (primary N) is 1. The van der Waals surface area contributed by atoms with Crippen LogP contribution in [0.2, 0.25) is 0 Å². The van der Waals surface area contributed by atoms with Crippen molar-refractivity contribution in [3.05, 3.63) is 41.4 Å². The molecule has 1 aromatic carbocycles. The van der Waals surface area contributed by atoms with Gasteiger partial charge in [0.15, 0.2) is 0 Å². The Hall–Kier alpha value is -1.19. The van der Waals surface area contributed by atoms with Crippen LogP contribution in [0.4, 0.5) is 0 Å². The van der Waals surface area contributed by atoms with Crippen molar-refractivity contribution in [3.63, 3.8) is 0 Å². The molecule has 0 radical (unpaired) electrons. The van der Waals surface area contributed by atoms with Crippen LogP contribution in [0.15, 0.2) is 35.7 Å². The van der Waals surface area contributed by atoms with Gasteiger partial charge in [0.1, 0.15) is 5.01 Å². The molecule has 1 atom stereocenters. The average molecular weight is 204 g/mol. The zero-order chi connectivity index (χ0) is 9.97. The minimum absolute atomic E-state index is 0.0173. The Morgan fingerprint density at radius 3 is 2.57 bits per heavy atom. The van der Waals surface area contributed by atoms with Crippen molar-refractivity contribution in [1.29, 1.82) is 0 Å². The van der Waals surface area contributed by atoms with E-state index in [1.54, 1.807) is 11.3 Å². The summed E-state index contributed by atoms with van der Waals surface area (Å²) in [5, 5.41) is 3.06. The maximum Gasteiger partial charge on any atom is 0.123 e. The smallest absolute Gasteiger partial charge is 0.123 e. The van der Waals surface area contributed by atoms with Crippen molar-refractivity contribution < 1.29 is 0 Å². The fraction of sp³-hybridized carbons (Fsp3) is 0.182. The van der Waals surface area contributed by atoms with Crippen LogP contribution in [-0.2, 0) is 0 Å². The Morgan fingerprint density at radius 1 is 1.29 bits per heavy atom. The molecule has 0 aliphatic heterocycles. The lowest BCUT2D eigenvalue weighted by Crippen LogP contribution is -2.04. The first kappa shape index (κ1) is 9.37. The van der Waals surface area contributed by atoms with Crippen molar-refractivity contribution in [1.82, 2.24) is 4.98 Å². The van der Waals surface area contributed by atoms with Gasteiger partial charge in [0.05, 0.1) is 5.69 Å². The van der Waals surface area contributed by atoms with Gasteiger partial charge in [-0.05, 0) is 6.92 Å². The number of nitrogens with zero attached hydrogens (tertiary/aromatic N) is 1. The van der Waals surface area contributed by atoms with E-state index in [1.165, 1.54) is 0 Å². The predicted molar refractivity (Wildman–Crippen MR) is 60.2 cm³/mol. The van der Waals surface area contributed by atoms with Gasteiger partial charge in [-0.2, -0.15) is 0 Å². The second-order valence-electron chi connectivity index (χ2n) is 3.23. The molecule has 1 heterocycles. The first-order valence-electron chi connectivity index (χ1n) is 4.54. The van der Waals surface area contributed by atoms with Gasteiger partial charge in [-0.1, -0.05) is 30.3 Å². The highest BCUT2D eigenvalue weighted by Gasteiger charge is 2.06. The van der Waals surface area contributed by atoms with E-state index in [0.29, 0.717) is 0 Å². The number of thiazole rings is 1. The number of aromatic nitrogens is 1. The molecule has 0 spiro atoms. The first-order chi connectivity index (χ1) is 6.77. The molecule has 0 fully saturated rings. The lowest BCUT2D eigenvalue weighted by Gasteiger charge is -1.98. The fourth-order valence-corrected chi connectivity index (χ4v) is 2.14. The number of rotatable bonds is 2. The van der Waals surface area contributed by atoms with Crippen LogP contribution in [-0.4, -0.2) is 4.98 Å². The van der Waals surface area contributed by atoms with Crippen LogP contribution in [0.1, 0.15) is 18.7 Å². The standard InChI is InChI=1S/C11H12N2S/c1-8(12)10-7-14-11(13-10)9-5-3-2-4-6-9/h2-8H,12H2,1H3/t8-/m1/s1. The molecule has 72 valence electrons. The van der Waals surface area contributed by atoms with Gasteiger partial charge in [-0.25, -0.2) is 4.98 Å². The highest BCUT2D eigenvalue weighted by molar-refractivity contribution is 7.13. The Kier molecular flexibility index (Phi) is 2.61. The topological polar surface area (TPSA) is 38.9 Å². The third-order valence-electron chi connectivity index (χ3n) is 2.01. The number of hydrogen-bond acceptors (Lipinski definition) is 3. The second kappa shape index (κ2) is 3.90. The fourth-order valence-electron chi connectivity index (χ4n) is 1.21. The molecule has 0 aliphatic carbocycles. The molecule has 2 aromatic rings. The van der Waals surface area contributed by atoms with Crippen molar-refractivity contribution in [2.75, 3.05) is 0 Å². The summed E-state index contributed by atoms with van der Waals surface area (Å²) in [4.78, 5) is 4.47. The monoisotopic (exact) mass is 204 g/mol. The van der Waals surface area contributed by atoms with E-state index in [9.17, 15) is 0 Å². The normalized spacial score (nSPS) is 12.7. The van der Waals surface area contributed by atoms with Gasteiger partial charge in [0.2, 0.25) is 0 Å². The van der Waals surface area contributed by atoms with Crippen LogP contribution in [0.5, 0.6) is 0 Å². The summed E-state index contributed by atoms with van der Waals surface area (Å²) in [5.74, 6) is 0. The molecule has 0 bridgehead atoms. The largest absolute Gasteiger partial charge is 0.323 e. The summed E-state index contributed by atoms with van der Waals surface area (Å²) in [6, 6.07) is 10.2. The highest BCUT2D eigenvalue weighted by atomic mass is 32.1. The van der Waals surface area contributed by atoms with Gasteiger partial charge >= 0.3 is 0 Å². The van der Waals surface area contributed by atoms with E-state index >= 15 is 0 Å². The molecule has 0 saturated heterocycles. The zero-order valence-electron chi connectivity index (χ0n) is 7.97. The van der Waals surface area contributed by atoms with E-state index in [1.807, 2.05) is 30.5 Å². The minimum atomic E-state index is 0.0173. The molecule has 0 aliphatic rings. The molecule has 1 aromatic heterocycles. The molecule has 3 heteroatoms. The van der Waals surface area contributed by atoms with E-state index in [2.05, 4.69) is 17.1 Å². The van der Waals surface area contributed by atoms with Gasteiger partial charge in [-0.3, -0.25) is 0 Å². The van der Waals surface area contributed by atoms with Gasteiger partial charge < -0.3 is 5.73 Å². The summed E-state index contributed by atoms with van der Waals surface area (Å²) in [6.45, 7) is 1.95. The van der Waals surface area contributed by atoms with Gasteiger partial charge in [0.25, 0.3) is 0 Å². The Bertz CT molecular complexity index is 406. The average Bonchev–Trinajstić information content (AvgIpc) is 2.68. The summed E-state index contributed by atoms with van der Waals surface area (Å²) in [6.07, 6.45) is 0. The SMILES string of the molecule is C[C@@H](N)c1csc(-c2ccccc2)n1. The molecule has 14 heavy (non-hydrogen) atoms. The summed E-state index contributed by atoms with van der Waals surface area (Å²) in [5.41, 5.74) is 7.87. The van der Waals surface area contributed by atoms with Gasteiger partial charge in [-0.15, -0.1) is 11.3 Å². The summed E-state index contributed by atoms with van der Waals surface area (Å²) in [7, 11) is 0. The van der Waals surface area contributed by atoms with Crippen LogP contribution in [0.25, 0.3) is 10.6 Å². The first-order valence-corrected chi connectivity index (χ1v) is 5.42. The van der Waals surface area contributed by atoms with Crippen LogP contribution < -0.4 is 5.73 Å². The summed E-state index contributed by atoms with van der Waals surface area (Å²) >= 11 is 1.64. The lowest BCUT2D eigenvalue weighted by atomic mass is 10.2. The molecular formula is C11H12N2S. The van der Waals surface area contributed by atoms with Crippen molar-refractivity contribution in [2.24, 2.45) is 5.73 Å². The van der Waals surface area contributed by atoms with Gasteiger partial charge in [0, 0.05) is 17.0 Å². The van der Waals surface area contributed by atoms with E-state index in [4.69, 9.17) is 5.73 Å². The second-order valence-corrected chi connectivity index (χ2v) is 4.09. The number of benzene rings is 1. The van der Waals surface area contributed by atoms with E-state index < -0.39 is 0 Å². The zero-order valence-corrected chi connectivity index (χ0v) is 8.79. The van der Waals surface area contributed by atoms with Crippen LogP contribution >= 0.6 is 11.3 Å².